The molecule has 0 saturated heterocycles. The smallest absolute Gasteiger partial charge is 0.331 e. The molecule has 0 aliphatic carbocycles. The molecule has 0 amide bonds. The number of carbonyl (C=O) groups is 2. The molecule has 2 N–H and O–H groups in total. The van der Waals surface area contributed by atoms with Crippen LogP contribution >= 0.6 is 0 Å². The van der Waals surface area contributed by atoms with Gasteiger partial charge in [-0.25, -0.2) is 4.79 Å². The number of hydrogen-bond acceptors (Lipinski definition) is 5. The predicted molar refractivity (Wildman–Crippen MR) is 205 cm³/mol. The first-order valence-electron chi connectivity index (χ1n) is 18.3. The molecule has 0 saturated carbocycles. The Balaban J connectivity index is 4.38. The van der Waals surface area contributed by atoms with Crippen molar-refractivity contribution in [3.05, 3.63) is 122 Å². The summed E-state index contributed by atoms with van der Waals surface area (Å²) < 4.78 is 5.12. The van der Waals surface area contributed by atoms with Crippen LogP contribution in [0.1, 0.15) is 117 Å². The summed E-state index contributed by atoms with van der Waals surface area (Å²) in [6, 6.07) is 0. The third kappa shape index (κ3) is 31.1. The monoisotopic (exact) mass is 660 g/mol. The zero-order valence-electron chi connectivity index (χ0n) is 29.8. The Morgan fingerprint density at radius 1 is 0.500 bits per heavy atom. The van der Waals surface area contributed by atoms with E-state index in [0.717, 1.165) is 18.9 Å². The van der Waals surface area contributed by atoms with Crippen molar-refractivity contribution in [2.75, 3.05) is 6.61 Å². The van der Waals surface area contributed by atoms with Crippen LogP contribution < -0.4 is 0 Å². The van der Waals surface area contributed by atoms with Crippen molar-refractivity contribution in [2.24, 2.45) is 0 Å². The van der Waals surface area contributed by atoms with Gasteiger partial charge in [-0.1, -0.05) is 200 Å². The first kappa shape index (κ1) is 44.5. The van der Waals surface area contributed by atoms with Crippen LogP contribution in [-0.4, -0.2) is 40.8 Å². The third-order valence-corrected chi connectivity index (χ3v) is 7.33. The maximum Gasteiger partial charge on any atom is 0.331 e. The SMILES string of the molecule is CCCCCCCCCC=CC=CC=CC=CC=CC(=O)OC(C(=O)C=CC=CC=CC=CC=CCCCCCCCCC)C(O)CO. The Kier molecular flexibility index (Phi) is 33.6. The number of allylic oxidation sites excluding steroid dienone is 18. The van der Waals surface area contributed by atoms with E-state index in [-0.39, 0.29) is 0 Å². The second kappa shape index (κ2) is 36.3. The Bertz CT molecular complexity index is 1080. The number of esters is 1. The number of ketones is 1. The highest BCUT2D eigenvalue weighted by molar-refractivity contribution is 5.96. The minimum Gasteiger partial charge on any atom is -0.448 e. The van der Waals surface area contributed by atoms with Crippen LogP contribution in [0.25, 0.3) is 0 Å². The van der Waals surface area contributed by atoms with Crippen LogP contribution in [0.5, 0.6) is 0 Å². The lowest BCUT2D eigenvalue weighted by Gasteiger charge is -2.18. The molecule has 0 rings (SSSR count). The lowest BCUT2D eigenvalue weighted by atomic mass is 10.1. The molecule has 0 spiro atoms. The molecule has 5 heteroatoms. The van der Waals surface area contributed by atoms with Crippen LogP contribution in [0, 0.1) is 0 Å². The first-order chi connectivity index (χ1) is 23.6. The summed E-state index contributed by atoms with van der Waals surface area (Å²) in [6.07, 6.45) is 53.5. The maximum atomic E-state index is 12.5. The summed E-state index contributed by atoms with van der Waals surface area (Å²) in [7, 11) is 0. The maximum absolute atomic E-state index is 12.5. The number of hydrogen-bond donors (Lipinski definition) is 2. The highest BCUT2D eigenvalue weighted by atomic mass is 16.6. The molecule has 48 heavy (non-hydrogen) atoms. The van der Waals surface area contributed by atoms with Gasteiger partial charge in [-0.15, -0.1) is 0 Å². The van der Waals surface area contributed by atoms with E-state index in [1.54, 1.807) is 24.3 Å². The van der Waals surface area contributed by atoms with E-state index in [1.807, 2.05) is 48.6 Å². The van der Waals surface area contributed by atoms with Gasteiger partial charge >= 0.3 is 5.97 Å². The fourth-order valence-electron chi connectivity index (χ4n) is 4.52. The van der Waals surface area contributed by atoms with Gasteiger partial charge < -0.3 is 14.9 Å². The molecule has 2 unspecified atom stereocenters. The molecule has 5 nitrogen and oxygen atoms in total. The van der Waals surface area contributed by atoms with Crippen molar-refractivity contribution in [1.29, 1.82) is 0 Å². The highest BCUT2D eigenvalue weighted by Gasteiger charge is 2.27. The van der Waals surface area contributed by atoms with E-state index in [0.29, 0.717) is 0 Å². The number of ether oxygens (including phenoxy) is 1. The summed E-state index contributed by atoms with van der Waals surface area (Å²) in [4.78, 5) is 24.7. The van der Waals surface area contributed by atoms with Crippen molar-refractivity contribution in [1.82, 2.24) is 0 Å². The van der Waals surface area contributed by atoms with Crippen molar-refractivity contribution < 1.29 is 24.5 Å². The molecule has 0 aromatic heterocycles. The third-order valence-electron chi connectivity index (χ3n) is 7.33. The minimum atomic E-state index is -1.53. The number of aliphatic hydroxyl groups is 2. The van der Waals surface area contributed by atoms with Crippen LogP contribution in [0.4, 0.5) is 0 Å². The van der Waals surface area contributed by atoms with Crippen LogP contribution in [0.2, 0.25) is 0 Å². The Labute approximate surface area is 292 Å². The molecule has 0 aromatic carbocycles. The Morgan fingerprint density at radius 3 is 1.27 bits per heavy atom. The molecule has 0 aromatic rings. The Hall–Kier alpha value is -3.54. The van der Waals surface area contributed by atoms with Crippen molar-refractivity contribution in [3.8, 4) is 0 Å². The normalized spacial score (nSPS) is 14.4. The molecule has 2 atom stereocenters. The molecule has 0 aliphatic rings. The van der Waals surface area contributed by atoms with Gasteiger partial charge in [-0.2, -0.15) is 0 Å². The number of carbonyl (C=O) groups excluding carboxylic acids is 2. The molecule has 0 heterocycles. The lowest BCUT2D eigenvalue weighted by Crippen LogP contribution is -2.39. The molecule has 0 bridgehead atoms. The Morgan fingerprint density at radius 2 is 0.854 bits per heavy atom. The standard InChI is InChI=1S/C43H64O5/c1-3-5-7-9-11-13-15-17-19-21-23-25-27-29-31-33-35-37-40(45)43(41(46)39-44)48-42(47)38-36-34-32-30-28-26-24-22-20-18-16-14-12-10-8-6-4-2/h19-38,41,43-44,46H,3-18,39H2,1-2H3. The van der Waals surface area contributed by atoms with E-state index in [9.17, 15) is 19.8 Å². The van der Waals surface area contributed by atoms with E-state index in [2.05, 4.69) is 38.2 Å². The summed E-state index contributed by atoms with van der Waals surface area (Å²) >= 11 is 0. The van der Waals surface area contributed by atoms with Gasteiger partial charge in [0, 0.05) is 6.08 Å². The zero-order valence-corrected chi connectivity index (χ0v) is 29.8. The topological polar surface area (TPSA) is 83.8 Å². The van der Waals surface area contributed by atoms with E-state index >= 15 is 0 Å². The highest BCUT2D eigenvalue weighted by Crippen LogP contribution is 2.10. The van der Waals surface area contributed by atoms with E-state index in [4.69, 9.17) is 4.74 Å². The average molecular weight is 661 g/mol. The summed E-state index contributed by atoms with van der Waals surface area (Å²) in [5.74, 6) is -1.42. The summed E-state index contributed by atoms with van der Waals surface area (Å²) in [5, 5.41) is 19.3. The molecular weight excluding hydrogens is 596 g/mol. The lowest BCUT2D eigenvalue weighted by molar-refractivity contribution is -0.157. The van der Waals surface area contributed by atoms with E-state index in [1.165, 1.54) is 108 Å². The fraction of sp³-hybridized carbons (Fsp3) is 0.488. The number of unbranched alkanes of at least 4 members (excludes halogenated alkanes) is 14. The summed E-state index contributed by atoms with van der Waals surface area (Å²) in [6.45, 7) is 3.77. The number of rotatable bonds is 30. The molecule has 266 valence electrons. The van der Waals surface area contributed by atoms with Gasteiger partial charge in [0.15, 0.2) is 11.9 Å². The van der Waals surface area contributed by atoms with Crippen LogP contribution in [0.15, 0.2) is 122 Å². The van der Waals surface area contributed by atoms with Crippen molar-refractivity contribution in [2.45, 2.75) is 129 Å². The fourth-order valence-corrected chi connectivity index (χ4v) is 4.52. The average Bonchev–Trinajstić information content (AvgIpc) is 3.09. The van der Waals surface area contributed by atoms with Gasteiger partial charge in [0.2, 0.25) is 0 Å². The summed E-state index contributed by atoms with van der Waals surface area (Å²) in [5.41, 5.74) is 0. The number of aliphatic hydroxyl groups excluding tert-OH is 2. The zero-order chi connectivity index (χ0) is 35.2. The van der Waals surface area contributed by atoms with Gasteiger partial charge in [0.1, 0.15) is 6.10 Å². The van der Waals surface area contributed by atoms with Gasteiger partial charge in [0.25, 0.3) is 0 Å². The van der Waals surface area contributed by atoms with Crippen molar-refractivity contribution >= 4 is 11.8 Å². The largest absolute Gasteiger partial charge is 0.448 e. The molecule has 0 aliphatic heterocycles. The van der Waals surface area contributed by atoms with Crippen molar-refractivity contribution in [3.63, 3.8) is 0 Å². The minimum absolute atomic E-state index is 0.625. The van der Waals surface area contributed by atoms with Gasteiger partial charge in [-0.05, 0) is 31.8 Å². The molecular formula is C43H64O5. The van der Waals surface area contributed by atoms with Gasteiger partial charge in [-0.3, -0.25) is 4.79 Å². The molecule has 0 fully saturated rings. The first-order valence-corrected chi connectivity index (χ1v) is 18.3. The molecule has 0 radical (unpaired) electrons. The second-order valence-corrected chi connectivity index (χ2v) is 11.7. The van der Waals surface area contributed by atoms with E-state index < -0.39 is 30.6 Å². The van der Waals surface area contributed by atoms with Gasteiger partial charge in [0.05, 0.1) is 6.61 Å². The quantitative estimate of drug-likeness (QED) is 0.0347. The second-order valence-electron chi connectivity index (χ2n) is 11.7. The predicted octanol–water partition coefficient (Wildman–Crippen LogP) is 10.7. The van der Waals surface area contributed by atoms with Crippen LogP contribution in [-0.2, 0) is 14.3 Å². The van der Waals surface area contributed by atoms with Crippen LogP contribution in [0.3, 0.4) is 0 Å².